The van der Waals surface area contributed by atoms with Gasteiger partial charge in [0.05, 0.1) is 36.1 Å². The zero-order valence-corrected chi connectivity index (χ0v) is 28.0. The van der Waals surface area contributed by atoms with Gasteiger partial charge >= 0.3 is 29.6 Å². The first-order valence-corrected chi connectivity index (χ1v) is 15.9. The summed E-state index contributed by atoms with van der Waals surface area (Å²) in [7, 11) is -4.92. The van der Waals surface area contributed by atoms with E-state index in [1.807, 2.05) is 6.92 Å². The zero-order valence-electron chi connectivity index (χ0n) is 25.2. The van der Waals surface area contributed by atoms with Gasteiger partial charge in [-0.15, -0.1) is 0 Å². The Morgan fingerprint density at radius 2 is 1.77 bits per heavy atom. The Labute approximate surface area is 262 Å². The number of hydrogen-bond acceptors (Lipinski definition) is 9. The van der Waals surface area contributed by atoms with E-state index in [-0.39, 0.29) is 71.0 Å². The van der Waals surface area contributed by atoms with Crippen molar-refractivity contribution >= 4 is 10.4 Å². The summed E-state index contributed by atoms with van der Waals surface area (Å²) in [6.07, 6.45) is 4.26. The Balaban J connectivity index is 0.00000441. The van der Waals surface area contributed by atoms with Crippen LogP contribution >= 0.6 is 0 Å². The largest absolute Gasteiger partial charge is 1.00 e. The monoisotopic (exact) mass is 596 g/mol. The van der Waals surface area contributed by atoms with E-state index in [1.165, 1.54) is 6.92 Å². The summed E-state index contributed by atoms with van der Waals surface area (Å²) in [6.45, 7) is 10.9. The third-order valence-electron chi connectivity index (χ3n) is 12.2. The van der Waals surface area contributed by atoms with Crippen molar-refractivity contribution in [2.75, 3.05) is 6.61 Å². The predicted octanol–water partition coefficient (Wildman–Crippen LogP) is -0.487. The summed E-state index contributed by atoms with van der Waals surface area (Å²) >= 11 is 0. The van der Waals surface area contributed by atoms with Gasteiger partial charge in [-0.25, -0.2) is 8.42 Å². The predicted molar refractivity (Wildman–Crippen MR) is 144 cm³/mol. The molecule has 0 aromatic carbocycles. The Kier molecular flexibility index (Phi) is 10.2. The van der Waals surface area contributed by atoms with Crippen molar-refractivity contribution in [3.05, 3.63) is 11.6 Å². The van der Waals surface area contributed by atoms with E-state index in [9.17, 15) is 38.5 Å². The number of aliphatic hydroxyl groups is 5. The third kappa shape index (κ3) is 5.91. The quantitative estimate of drug-likeness (QED) is 0.113. The second-order valence-electron chi connectivity index (χ2n) is 14.3. The molecular formula is C29H49NaO9S. The average molecular weight is 597 g/mol. The minimum absolute atomic E-state index is 0. The molecule has 40 heavy (non-hydrogen) atoms. The standard InChI is InChI=1S/C29H50O9S.Na/c1-16(18(3)28(6,33)15-38-39(35,36)37)11-17(2)22-13-23(31)25-20-12-24(32)29(34)14-19(30)7-10-27(29,5)21(20)8-9-26(22,25)4;/h11,17-25,30-34H,7-10,12-15H2,1-6H3,(H,35,36,37);/q;+1/p-1/b16-11+;/t17-,18+,19+,20?,21?,22-,23+,24-,25?,26-,27-,28-,29+;/m1./s1. The molecule has 13 atom stereocenters. The summed E-state index contributed by atoms with van der Waals surface area (Å²) in [5.74, 6) is -0.0499. The van der Waals surface area contributed by atoms with E-state index < -0.39 is 57.9 Å². The maximum absolute atomic E-state index is 11.7. The minimum atomic E-state index is -4.92. The van der Waals surface area contributed by atoms with Crippen LogP contribution in [0.4, 0.5) is 0 Å². The van der Waals surface area contributed by atoms with Gasteiger partial charge in [0.2, 0.25) is 10.4 Å². The van der Waals surface area contributed by atoms with Gasteiger partial charge in [-0.2, -0.15) is 0 Å². The van der Waals surface area contributed by atoms with Crippen LogP contribution in [0, 0.1) is 46.3 Å². The Morgan fingerprint density at radius 3 is 2.38 bits per heavy atom. The van der Waals surface area contributed by atoms with Crippen molar-refractivity contribution in [2.45, 2.75) is 116 Å². The molecule has 0 aliphatic heterocycles. The molecule has 0 aromatic heterocycles. The summed E-state index contributed by atoms with van der Waals surface area (Å²) in [4.78, 5) is 0. The van der Waals surface area contributed by atoms with Gasteiger partial charge in [-0.1, -0.05) is 39.3 Å². The van der Waals surface area contributed by atoms with E-state index in [0.29, 0.717) is 25.7 Å². The summed E-state index contributed by atoms with van der Waals surface area (Å²) < 4.78 is 37.1. The maximum atomic E-state index is 11.7. The molecule has 11 heteroatoms. The van der Waals surface area contributed by atoms with E-state index in [2.05, 4.69) is 31.0 Å². The topological polar surface area (TPSA) is 168 Å². The molecule has 0 saturated heterocycles. The van der Waals surface area contributed by atoms with Crippen LogP contribution in [0.25, 0.3) is 0 Å². The molecule has 4 aliphatic carbocycles. The summed E-state index contributed by atoms with van der Waals surface area (Å²) in [5, 5.41) is 55.6. The van der Waals surface area contributed by atoms with E-state index in [1.54, 1.807) is 6.92 Å². The molecule has 9 nitrogen and oxygen atoms in total. The molecule has 4 rings (SSSR count). The molecular weight excluding hydrogens is 547 g/mol. The van der Waals surface area contributed by atoms with Crippen molar-refractivity contribution in [3.8, 4) is 0 Å². The minimum Gasteiger partial charge on any atom is -0.726 e. The molecule has 0 bridgehead atoms. The molecule has 0 aromatic rings. The molecule has 4 saturated carbocycles. The smallest absolute Gasteiger partial charge is 0.726 e. The van der Waals surface area contributed by atoms with Gasteiger partial charge < -0.3 is 30.1 Å². The first-order valence-electron chi connectivity index (χ1n) is 14.5. The normalized spacial score (nSPS) is 46.7. The van der Waals surface area contributed by atoms with E-state index in [0.717, 1.165) is 18.4 Å². The van der Waals surface area contributed by atoms with Gasteiger partial charge in [0.15, 0.2) is 0 Å². The molecule has 226 valence electrons. The number of allylic oxidation sites excluding steroid dienone is 1. The Morgan fingerprint density at radius 1 is 1.15 bits per heavy atom. The van der Waals surface area contributed by atoms with E-state index in [4.69, 9.17) is 0 Å². The fourth-order valence-corrected chi connectivity index (χ4v) is 10.1. The van der Waals surface area contributed by atoms with Crippen LogP contribution in [0.15, 0.2) is 11.6 Å². The molecule has 5 N–H and O–H groups in total. The van der Waals surface area contributed by atoms with Gasteiger partial charge in [0, 0.05) is 17.8 Å². The van der Waals surface area contributed by atoms with Crippen molar-refractivity contribution in [2.24, 2.45) is 46.3 Å². The van der Waals surface area contributed by atoms with Gasteiger partial charge in [0.1, 0.15) is 0 Å². The van der Waals surface area contributed by atoms with Crippen LogP contribution in [0.1, 0.15) is 86.5 Å². The Hall–Kier alpha value is 0.410. The first kappa shape index (κ1) is 34.9. The average Bonchev–Trinajstić information content (AvgIpc) is 3.09. The van der Waals surface area contributed by atoms with Crippen LogP contribution in [-0.2, 0) is 14.6 Å². The fraction of sp³-hybridized carbons (Fsp3) is 0.931. The number of rotatable bonds is 7. The van der Waals surface area contributed by atoms with Gasteiger partial charge in [-0.3, -0.25) is 4.18 Å². The molecule has 4 fully saturated rings. The second-order valence-corrected chi connectivity index (χ2v) is 15.3. The number of aliphatic hydroxyl groups excluding tert-OH is 3. The van der Waals surface area contributed by atoms with Crippen LogP contribution in [0.5, 0.6) is 0 Å². The molecule has 0 amide bonds. The number of hydrogen-bond donors (Lipinski definition) is 5. The maximum Gasteiger partial charge on any atom is 1.00 e. The first-order chi connectivity index (χ1) is 17.8. The van der Waals surface area contributed by atoms with Crippen molar-refractivity contribution in [1.29, 1.82) is 0 Å². The molecule has 0 spiro atoms. The Bertz CT molecular complexity index is 1070. The second kappa shape index (κ2) is 11.7. The molecule has 3 unspecified atom stereocenters. The molecule has 4 aliphatic rings. The summed E-state index contributed by atoms with van der Waals surface area (Å²) in [6, 6.07) is 0. The van der Waals surface area contributed by atoms with Crippen molar-refractivity contribution in [1.82, 2.24) is 0 Å². The molecule has 0 heterocycles. The number of fused-ring (bicyclic) bond motifs is 5. The third-order valence-corrected chi connectivity index (χ3v) is 12.6. The van der Waals surface area contributed by atoms with Crippen molar-refractivity contribution in [3.63, 3.8) is 0 Å². The SMILES string of the molecule is C/C(=C\[C@@H](C)[C@H]1C[C@H](O)C2C3C[C@@H](O)[C@@]4(O)C[C@@H](O)CC[C@]4(C)C3CC[C@@]21C)[C@H](C)[C@](C)(O)COS(=O)(=O)[O-].[Na+]. The van der Waals surface area contributed by atoms with Crippen LogP contribution in [0.2, 0.25) is 0 Å². The van der Waals surface area contributed by atoms with Crippen LogP contribution in [0.3, 0.4) is 0 Å². The van der Waals surface area contributed by atoms with Gasteiger partial charge in [0.25, 0.3) is 0 Å². The van der Waals surface area contributed by atoms with Crippen molar-refractivity contribution < 1.29 is 72.2 Å². The molecule has 0 radical (unpaired) electrons. The fourth-order valence-electron chi connectivity index (χ4n) is 9.67. The zero-order chi connectivity index (χ0) is 29.3. The van der Waals surface area contributed by atoms with E-state index >= 15 is 0 Å². The summed E-state index contributed by atoms with van der Waals surface area (Å²) in [5.41, 5.74) is -2.73. The van der Waals surface area contributed by atoms with Gasteiger partial charge in [-0.05, 0) is 87.4 Å². The van der Waals surface area contributed by atoms with Crippen LogP contribution < -0.4 is 29.6 Å². The van der Waals surface area contributed by atoms with Crippen LogP contribution in [-0.4, -0.2) is 74.6 Å².